The summed E-state index contributed by atoms with van der Waals surface area (Å²) in [6.45, 7) is 2.08. The van der Waals surface area contributed by atoms with Gasteiger partial charge in [0.15, 0.2) is 11.3 Å². The molecule has 3 heterocycles. The lowest BCUT2D eigenvalue weighted by Crippen LogP contribution is -2.37. The van der Waals surface area contributed by atoms with Crippen LogP contribution in [0.25, 0.3) is 5.65 Å². The van der Waals surface area contributed by atoms with Gasteiger partial charge in [-0.3, -0.25) is 18.8 Å². The van der Waals surface area contributed by atoms with E-state index in [1.54, 1.807) is 12.3 Å². The van der Waals surface area contributed by atoms with Crippen molar-refractivity contribution < 1.29 is 28.6 Å². The maximum Gasteiger partial charge on any atom is 0.360 e. The Balaban J connectivity index is 1.88. The Morgan fingerprint density at radius 3 is 2.49 bits per heavy atom. The van der Waals surface area contributed by atoms with E-state index in [1.165, 1.54) is 18.5 Å². The fourth-order valence-electron chi connectivity index (χ4n) is 3.77. The number of anilines is 2. The molecule has 194 valence electrons. The van der Waals surface area contributed by atoms with Gasteiger partial charge in [0.2, 0.25) is 5.75 Å². The Hall–Kier alpha value is -4.45. The number of likely N-dealkylation sites (N-methyl/N-ethyl adjacent to an activating group) is 1. The molecule has 12 heteroatoms. The van der Waals surface area contributed by atoms with Crippen molar-refractivity contribution in [3.05, 3.63) is 64.2 Å². The normalized spacial score (nSPS) is 13.2. The van der Waals surface area contributed by atoms with E-state index in [0.29, 0.717) is 32.0 Å². The van der Waals surface area contributed by atoms with Crippen LogP contribution in [0.3, 0.4) is 0 Å². The van der Waals surface area contributed by atoms with Gasteiger partial charge in [-0.2, -0.15) is 0 Å². The molecule has 1 fully saturated rings. The molecule has 1 aliphatic rings. The highest BCUT2D eigenvalue weighted by Gasteiger charge is 2.26. The number of rotatable bonds is 6. The van der Waals surface area contributed by atoms with Crippen LogP contribution in [0.4, 0.5) is 11.4 Å². The van der Waals surface area contributed by atoms with Crippen molar-refractivity contribution in [2.75, 3.05) is 57.7 Å². The van der Waals surface area contributed by atoms with E-state index in [0.717, 1.165) is 17.6 Å². The number of nitrogens with zero attached hydrogens (tertiary/aromatic N) is 4. The number of aromatic nitrogens is 2. The van der Waals surface area contributed by atoms with Gasteiger partial charge in [-0.05, 0) is 11.6 Å². The van der Waals surface area contributed by atoms with Crippen LogP contribution in [-0.2, 0) is 25.7 Å². The van der Waals surface area contributed by atoms with E-state index >= 15 is 0 Å². The Morgan fingerprint density at radius 1 is 1.14 bits per heavy atom. The molecule has 1 N–H and O–H groups in total. The van der Waals surface area contributed by atoms with E-state index in [4.69, 9.17) is 14.2 Å². The first-order chi connectivity index (χ1) is 17.8. The van der Waals surface area contributed by atoms with Crippen molar-refractivity contribution in [3.8, 4) is 5.75 Å². The second-order valence-electron chi connectivity index (χ2n) is 8.42. The zero-order chi connectivity index (χ0) is 26.5. The van der Waals surface area contributed by atoms with Crippen molar-refractivity contribution >= 4 is 34.8 Å². The fraction of sp³-hybridized carbons (Fsp3) is 0.320. The largest absolute Gasteiger partial charge is 0.481 e. The molecule has 2 aromatic heterocycles. The summed E-state index contributed by atoms with van der Waals surface area (Å²) in [4.78, 5) is 58.5. The molecule has 0 atom stereocenters. The van der Waals surface area contributed by atoms with Crippen molar-refractivity contribution in [1.82, 2.24) is 14.3 Å². The number of amides is 2. The molecule has 1 saturated heterocycles. The first-order valence-corrected chi connectivity index (χ1v) is 11.5. The molecule has 0 unspecified atom stereocenters. The molecule has 37 heavy (non-hydrogen) atoms. The molecule has 0 spiro atoms. The summed E-state index contributed by atoms with van der Waals surface area (Å²) in [5.41, 5.74) is 0.366. The molecule has 0 bridgehead atoms. The van der Waals surface area contributed by atoms with Crippen LogP contribution in [0.1, 0.15) is 16.1 Å². The van der Waals surface area contributed by atoms with Crippen molar-refractivity contribution in [2.45, 2.75) is 6.61 Å². The van der Waals surface area contributed by atoms with Gasteiger partial charge in [0.25, 0.3) is 0 Å². The lowest BCUT2D eigenvalue weighted by atomic mass is 10.2. The average Bonchev–Trinajstić information content (AvgIpc) is 2.92. The number of pyridine rings is 1. The second kappa shape index (κ2) is 11.1. The molecule has 1 aromatic carbocycles. The van der Waals surface area contributed by atoms with Crippen LogP contribution in [0.2, 0.25) is 0 Å². The van der Waals surface area contributed by atoms with Crippen LogP contribution in [-0.4, -0.2) is 79.6 Å². The van der Waals surface area contributed by atoms with E-state index in [1.807, 2.05) is 35.2 Å². The van der Waals surface area contributed by atoms with Crippen LogP contribution in [0.15, 0.2) is 47.4 Å². The summed E-state index contributed by atoms with van der Waals surface area (Å²) in [6.07, 6.45) is 1.55. The number of fused-ring (bicyclic) bond motifs is 1. The third kappa shape index (κ3) is 5.54. The van der Waals surface area contributed by atoms with Crippen LogP contribution < -0.4 is 20.5 Å². The maximum absolute atomic E-state index is 13.7. The van der Waals surface area contributed by atoms with Crippen LogP contribution in [0, 0.1) is 0 Å². The van der Waals surface area contributed by atoms with Gasteiger partial charge in [0.05, 0.1) is 31.7 Å². The smallest absolute Gasteiger partial charge is 0.360 e. The number of carbonyl (C=O) groups is 3. The number of hydrogen-bond acceptors (Lipinski definition) is 9. The topological polar surface area (TPSA) is 132 Å². The second-order valence-corrected chi connectivity index (χ2v) is 8.42. The quantitative estimate of drug-likeness (QED) is 0.381. The number of ether oxygens (including phenoxy) is 3. The van der Waals surface area contributed by atoms with Crippen LogP contribution in [0.5, 0.6) is 5.75 Å². The van der Waals surface area contributed by atoms with Crippen molar-refractivity contribution in [1.29, 1.82) is 0 Å². The third-order valence-electron chi connectivity index (χ3n) is 5.70. The molecule has 2 amide bonds. The molecule has 0 aliphatic carbocycles. The van der Waals surface area contributed by atoms with Gasteiger partial charge in [0, 0.05) is 33.4 Å². The summed E-state index contributed by atoms with van der Waals surface area (Å²) < 4.78 is 17.2. The predicted molar refractivity (Wildman–Crippen MR) is 134 cm³/mol. The highest BCUT2D eigenvalue weighted by molar-refractivity contribution is 6.39. The van der Waals surface area contributed by atoms with E-state index in [-0.39, 0.29) is 29.4 Å². The Labute approximate surface area is 212 Å². The van der Waals surface area contributed by atoms with Crippen molar-refractivity contribution in [3.63, 3.8) is 0 Å². The summed E-state index contributed by atoms with van der Waals surface area (Å²) in [7, 11) is 4.05. The highest BCUT2D eigenvalue weighted by atomic mass is 16.5. The molecule has 0 radical (unpaired) electrons. The fourth-order valence-corrected chi connectivity index (χ4v) is 3.77. The minimum atomic E-state index is -0.927. The number of benzene rings is 1. The van der Waals surface area contributed by atoms with Crippen LogP contribution >= 0.6 is 0 Å². The van der Waals surface area contributed by atoms with Gasteiger partial charge >= 0.3 is 23.3 Å². The highest BCUT2D eigenvalue weighted by Crippen LogP contribution is 2.26. The molecular weight excluding hydrogens is 482 g/mol. The van der Waals surface area contributed by atoms with Gasteiger partial charge in [-0.25, -0.2) is 9.78 Å². The maximum atomic E-state index is 13.7. The van der Waals surface area contributed by atoms with Gasteiger partial charge in [-0.1, -0.05) is 30.3 Å². The monoisotopic (exact) mass is 509 g/mol. The molecule has 12 nitrogen and oxygen atoms in total. The Bertz CT molecular complexity index is 1380. The third-order valence-corrected chi connectivity index (χ3v) is 5.70. The zero-order valence-corrected chi connectivity index (χ0v) is 20.7. The summed E-state index contributed by atoms with van der Waals surface area (Å²) in [5.74, 6) is -2.91. The van der Waals surface area contributed by atoms with E-state index in [9.17, 15) is 19.2 Å². The number of nitrogens with one attached hydrogen (secondary N) is 1. The minimum Gasteiger partial charge on any atom is -0.481 e. The number of esters is 1. The SMILES string of the molecule is COC(=O)c1nc2c(NC(=O)C(=O)N(C)C)cc(N3CCOCC3)cn2c(=O)c1OCc1ccccc1. The minimum absolute atomic E-state index is 0.0118. The van der Waals surface area contributed by atoms with Gasteiger partial charge < -0.3 is 29.3 Å². The first kappa shape index (κ1) is 25.6. The lowest BCUT2D eigenvalue weighted by Gasteiger charge is -2.29. The Morgan fingerprint density at radius 2 is 1.84 bits per heavy atom. The standard InChI is InChI=1S/C25H27N5O7/c1-28(2)24(33)22(31)26-18-13-17(29-9-11-36-12-10-29)14-30-21(18)27-19(25(34)35-3)20(23(30)32)37-15-16-7-5-4-6-8-16/h4-8,13-14H,9-12,15H2,1-3H3,(H,26,31). The molecule has 3 aromatic rings. The molecule has 4 rings (SSSR count). The summed E-state index contributed by atoms with van der Waals surface area (Å²) in [5, 5.41) is 2.53. The molecule has 1 aliphatic heterocycles. The van der Waals surface area contributed by atoms with Crippen molar-refractivity contribution in [2.24, 2.45) is 0 Å². The lowest BCUT2D eigenvalue weighted by molar-refractivity contribution is -0.141. The zero-order valence-electron chi connectivity index (χ0n) is 20.7. The Kier molecular flexibility index (Phi) is 7.68. The number of morpholine rings is 1. The molecular formula is C25H27N5O7. The first-order valence-electron chi connectivity index (χ1n) is 11.5. The van der Waals surface area contributed by atoms with Gasteiger partial charge in [-0.15, -0.1) is 0 Å². The molecule has 0 saturated carbocycles. The van der Waals surface area contributed by atoms with E-state index in [2.05, 4.69) is 10.3 Å². The van der Waals surface area contributed by atoms with E-state index < -0.39 is 23.3 Å². The number of methoxy groups -OCH3 is 1. The summed E-state index contributed by atoms with van der Waals surface area (Å²) >= 11 is 0. The predicted octanol–water partition coefficient (Wildman–Crippen LogP) is 0.923. The average molecular weight is 510 g/mol. The number of carbonyl (C=O) groups excluding carboxylic acids is 3. The van der Waals surface area contributed by atoms with Gasteiger partial charge in [0.1, 0.15) is 6.61 Å². The summed E-state index contributed by atoms with van der Waals surface area (Å²) in [6, 6.07) is 10.7. The number of hydrogen-bond donors (Lipinski definition) is 1.